The predicted octanol–water partition coefficient (Wildman–Crippen LogP) is 3.25. The van der Waals surface area contributed by atoms with Crippen LogP contribution in [0.3, 0.4) is 0 Å². The quantitative estimate of drug-likeness (QED) is 0.151. The molecule has 0 aliphatic carbocycles. The lowest BCUT2D eigenvalue weighted by Crippen LogP contribution is -2.61. The van der Waals surface area contributed by atoms with E-state index in [1.165, 1.54) is 27.9 Å². The lowest BCUT2D eigenvalue weighted by atomic mass is 9.74. The Balaban J connectivity index is 1.39. The van der Waals surface area contributed by atoms with Gasteiger partial charge in [-0.15, -0.1) is 5.10 Å². The summed E-state index contributed by atoms with van der Waals surface area (Å²) in [6.45, 7) is 19.3. The molecule has 3 aliphatic rings. The molecule has 5 N–H and O–H groups in total. The largest absolute Gasteiger partial charge is 0.491 e. The molecule has 71 heavy (non-hydrogen) atoms. The zero-order valence-electron chi connectivity index (χ0n) is 43.9. The lowest BCUT2D eigenvalue weighted by molar-refractivity contribution is -0.318. The molecule has 20 nitrogen and oxygen atoms in total. The van der Waals surface area contributed by atoms with Gasteiger partial charge in [0, 0.05) is 56.5 Å². The minimum atomic E-state index is -2.04. The third-order valence-electron chi connectivity index (χ3n) is 15.0. The molecule has 3 saturated heterocycles. The van der Waals surface area contributed by atoms with E-state index in [0.717, 1.165) is 0 Å². The fraction of sp³-hybridized carbons (Fsp3) is 0.784. The van der Waals surface area contributed by atoms with Gasteiger partial charge in [-0.05, 0) is 86.9 Å². The smallest absolute Gasteiger partial charge is 0.341 e. The maximum absolute atomic E-state index is 14.4. The van der Waals surface area contributed by atoms with Gasteiger partial charge >= 0.3 is 11.9 Å². The molecule has 3 aliphatic heterocycles. The van der Waals surface area contributed by atoms with E-state index < -0.39 is 126 Å². The van der Waals surface area contributed by atoms with Crippen molar-refractivity contribution in [2.45, 2.75) is 199 Å². The number of esters is 2. The molecule has 0 amide bonds. The van der Waals surface area contributed by atoms with Gasteiger partial charge in [0.15, 0.2) is 12.6 Å². The monoisotopic (exact) mass is 1010 g/mol. The van der Waals surface area contributed by atoms with Crippen LogP contribution in [0.15, 0.2) is 30.5 Å². The van der Waals surface area contributed by atoms with Crippen LogP contribution in [0.4, 0.5) is 0 Å². The molecule has 1 aromatic heterocycles. The second-order valence-electron chi connectivity index (χ2n) is 20.8. The number of rotatable bonds is 16. The zero-order valence-corrected chi connectivity index (χ0v) is 43.9. The van der Waals surface area contributed by atoms with Crippen LogP contribution in [0.5, 0.6) is 5.75 Å². The van der Waals surface area contributed by atoms with E-state index >= 15 is 0 Å². The van der Waals surface area contributed by atoms with Crippen molar-refractivity contribution in [1.29, 1.82) is 0 Å². The van der Waals surface area contributed by atoms with Crippen molar-refractivity contribution in [3.05, 3.63) is 41.7 Å². The Morgan fingerprint density at radius 1 is 0.944 bits per heavy atom. The summed E-state index contributed by atoms with van der Waals surface area (Å²) in [6.07, 6.45) is -8.45. The van der Waals surface area contributed by atoms with Crippen LogP contribution in [0.1, 0.15) is 118 Å². The van der Waals surface area contributed by atoms with Gasteiger partial charge in [0.25, 0.3) is 0 Å². The molecule has 0 radical (unpaired) electrons. The van der Waals surface area contributed by atoms with Crippen molar-refractivity contribution >= 4 is 17.7 Å². The standard InChI is InChI=1S/C51H82N4O16/c1-14-38-51(11,63)43(58)30(5)40(56)28(3)25-49(9,62)45(31(6)42(32(7)46(60)69-38)70-39-26-50(10,64-13)44(59)33(8)68-39)71-48-41(57)36(24-29(4)67-48)54(12)21-20-34-27-55(53-52-34)22-23-66-37-19-17-16-18-35(37)47(61)65-15-2/h16-19,27-33,36,38-39,41-45,48,57-59,62-63H,14-15,20-26H2,1-13H3/t28-,29-,30+,31+,32-,33+,36+,38-,39+,41-,42+,43-,44+,45-,48+,49-,50-,51-/m1/s1. The second-order valence-corrected chi connectivity index (χ2v) is 20.8. The first-order valence-electron chi connectivity index (χ1n) is 25.2. The van der Waals surface area contributed by atoms with Gasteiger partial charge < -0.3 is 68.3 Å². The first-order valence-corrected chi connectivity index (χ1v) is 25.2. The average molecular weight is 1010 g/mol. The third kappa shape index (κ3) is 13.7. The molecule has 5 rings (SSSR count). The number of methoxy groups -OCH3 is 1. The highest BCUT2D eigenvalue weighted by atomic mass is 16.7. The van der Waals surface area contributed by atoms with E-state index in [2.05, 4.69) is 10.3 Å². The number of ketones is 1. The molecule has 0 unspecified atom stereocenters. The number of hydrogen-bond acceptors (Lipinski definition) is 19. The van der Waals surface area contributed by atoms with Crippen molar-refractivity contribution in [3.8, 4) is 5.75 Å². The van der Waals surface area contributed by atoms with Gasteiger partial charge in [-0.2, -0.15) is 0 Å². The van der Waals surface area contributed by atoms with Gasteiger partial charge in [-0.25, -0.2) is 9.48 Å². The van der Waals surface area contributed by atoms with E-state index in [-0.39, 0.29) is 32.5 Å². The summed E-state index contributed by atoms with van der Waals surface area (Å²) >= 11 is 0. The Labute approximate surface area is 418 Å². The van der Waals surface area contributed by atoms with Crippen LogP contribution in [0.25, 0.3) is 0 Å². The number of aromatic nitrogens is 3. The highest BCUT2D eigenvalue weighted by molar-refractivity contribution is 5.92. The third-order valence-corrected chi connectivity index (χ3v) is 15.0. The number of carbonyl (C=O) groups excluding carboxylic acids is 3. The van der Waals surface area contributed by atoms with Crippen molar-refractivity contribution in [2.24, 2.45) is 23.7 Å². The zero-order chi connectivity index (χ0) is 52.7. The summed E-state index contributed by atoms with van der Waals surface area (Å²) < 4.78 is 50.5. The van der Waals surface area contributed by atoms with Crippen LogP contribution < -0.4 is 4.74 Å². The Morgan fingerprint density at radius 3 is 2.30 bits per heavy atom. The Morgan fingerprint density at radius 2 is 1.63 bits per heavy atom. The van der Waals surface area contributed by atoms with E-state index in [9.17, 15) is 39.9 Å². The van der Waals surface area contributed by atoms with Crippen molar-refractivity contribution < 1.29 is 77.8 Å². The van der Waals surface area contributed by atoms with Crippen LogP contribution >= 0.6 is 0 Å². The first-order chi connectivity index (χ1) is 33.3. The molecule has 0 saturated carbocycles. The maximum atomic E-state index is 14.4. The topological polar surface area (TPSA) is 260 Å². The fourth-order valence-corrected chi connectivity index (χ4v) is 10.6. The van der Waals surface area contributed by atoms with E-state index in [0.29, 0.717) is 42.9 Å². The van der Waals surface area contributed by atoms with Crippen molar-refractivity contribution in [3.63, 3.8) is 0 Å². The molecule has 3 fully saturated rings. The normalized spacial score (nSPS) is 38.9. The highest BCUT2D eigenvalue weighted by Crippen LogP contribution is 2.41. The fourth-order valence-electron chi connectivity index (χ4n) is 10.6. The Kier molecular flexibility index (Phi) is 20.2. The molecule has 1 aromatic carbocycles. The Hall–Kier alpha value is -3.67. The summed E-state index contributed by atoms with van der Waals surface area (Å²) in [5.74, 6) is -5.36. The maximum Gasteiger partial charge on any atom is 0.341 e. The van der Waals surface area contributed by atoms with Gasteiger partial charge in [-0.3, -0.25) is 9.59 Å². The molecule has 18 atom stereocenters. The number of likely N-dealkylation sites (N-methyl/N-ethyl adjacent to an activating group) is 1. The molecule has 2 aromatic rings. The number of hydrogen-bond donors (Lipinski definition) is 5. The minimum Gasteiger partial charge on any atom is -0.491 e. The predicted molar refractivity (Wildman–Crippen MR) is 257 cm³/mol. The first kappa shape index (κ1) is 58.2. The van der Waals surface area contributed by atoms with Crippen LogP contribution in [0.2, 0.25) is 0 Å². The molecule has 20 heteroatoms. The average Bonchev–Trinajstić information content (AvgIpc) is 3.79. The van der Waals surface area contributed by atoms with Crippen LogP contribution in [-0.4, -0.2) is 181 Å². The molecule has 0 spiro atoms. The SMILES string of the molecule is CCOC(=O)c1ccccc1OCCn1cc(CCN(C)[C@H]2C[C@@H](C)O[C@@H](O[C@@H]3[C@@H](C)[C@H](O[C@H]4C[C@@](C)(OC)[C@@H](O)[C@H](C)O4)[C@@H](C)C(=O)O[C@H](CC)[C@@](C)(O)[C@H](O)[C@@H](C)C(=O)[C@H](C)C[C@@]3(C)O)[C@@H]2O)nn1. The van der Waals surface area contributed by atoms with Gasteiger partial charge in [0.2, 0.25) is 0 Å². The van der Waals surface area contributed by atoms with Gasteiger partial charge in [-0.1, -0.05) is 45.0 Å². The highest BCUT2D eigenvalue weighted by Gasteiger charge is 2.53. The summed E-state index contributed by atoms with van der Waals surface area (Å²) in [7, 11) is 3.35. The van der Waals surface area contributed by atoms with Crippen LogP contribution in [-0.2, 0) is 55.7 Å². The van der Waals surface area contributed by atoms with Crippen LogP contribution in [0, 0.1) is 23.7 Å². The molecule has 4 heterocycles. The summed E-state index contributed by atoms with van der Waals surface area (Å²) in [6, 6.07) is 6.37. The number of carbonyl (C=O) groups is 3. The number of para-hydroxylation sites is 1. The van der Waals surface area contributed by atoms with Gasteiger partial charge in [0.1, 0.15) is 47.6 Å². The molecule has 402 valence electrons. The van der Waals surface area contributed by atoms with Crippen molar-refractivity contribution in [1.82, 2.24) is 19.9 Å². The summed E-state index contributed by atoms with van der Waals surface area (Å²) in [5, 5.41) is 67.8. The number of ether oxygens (including phenoxy) is 8. The Bertz CT molecular complexity index is 2050. The number of Topliss-reactive ketones (excluding diaryl/α,β-unsaturated/α-hetero) is 1. The van der Waals surface area contributed by atoms with Crippen molar-refractivity contribution in [2.75, 3.05) is 33.9 Å². The number of cyclic esters (lactones) is 1. The molecule has 0 bridgehead atoms. The molecular weight excluding hydrogens is 925 g/mol. The number of aliphatic hydroxyl groups is 5. The van der Waals surface area contributed by atoms with E-state index in [4.69, 9.17) is 37.9 Å². The minimum absolute atomic E-state index is 0.0537. The summed E-state index contributed by atoms with van der Waals surface area (Å²) in [4.78, 5) is 42.8. The van der Waals surface area contributed by atoms with E-state index in [1.54, 1.807) is 77.4 Å². The number of nitrogens with zero attached hydrogens (tertiary/aromatic N) is 4. The molecular formula is C51H82N4O16. The number of benzene rings is 1. The second kappa shape index (κ2) is 24.6. The summed E-state index contributed by atoms with van der Waals surface area (Å²) in [5.41, 5.74) is -3.99. The van der Waals surface area contributed by atoms with E-state index in [1.807, 2.05) is 25.1 Å². The lowest BCUT2D eigenvalue weighted by Gasteiger charge is -2.49. The number of aliphatic hydroxyl groups excluding tert-OH is 3. The van der Waals surface area contributed by atoms with Gasteiger partial charge in [0.05, 0.1) is 66.5 Å².